The highest BCUT2D eigenvalue weighted by atomic mass is 16.5. The first-order valence-corrected chi connectivity index (χ1v) is 3.26. The molecule has 0 saturated carbocycles. The fourth-order valence-electron chi connectivity index (χ4n) is 0.402. The Morgan fingerprint density at radius 3 is 2.40 bits per heavy atom. The van der Waals surface area contributed by atoms with Crippen LogP contribution >= 0.6 is 0 Å². The van der Waals surface area contributed by atoms with Gasteiger partial charge >= 0.3 is 0 Å². The molecule has 0 rings (SSSR count). The number of Topliss-reactive ketones (excluding diaryl/α,β-unsaturated/α-hetero) is 1. The number of hydrogen-bond donors (Lipinski definition) is 1. The van der Waals surface area contributed by atoms with Gasteiger partial charge in [0.2, 0.25) is 0 Å². The van der Waals surface area contributed by atoms with E-state index < -0.39 is 5.60 Å². The summed E-state index contributed by atoms with van der Waals surface area (Å²) in [5.74, 6) is -0.0269. The number of hydrogen-bond acceptors (Lipinski definition) is 3. The van der Waals surface area contributed by atoms with Crippen molar-refractivity contribution in [1.29, 1.82) is 0 Å². The van der Waals surface area contributed by atoms with Crippen molar-refractivity contribution in [2.45, 2.75) is 26.4 Å². The van der Waals surface area contributed by atoms with Crippen LogP contribution in [0.25, 0.3) is 0 Å². The van der Waals surface area contributed by atoms with Crippen LogP contribution in [0.1, 0.15) is 20.8 Å². The van der Waals surface area contributed by atoms with Crippen molar-refractivity contribution in [1.82, 2.24) is 0 Å². The Kier molecular flexibility index (Phi) is 3.53. The molecular formula is C7H14O3. The van der Waals surface area contributed by atoms with Gasteiger partial charge in [-0.05, 0) is 20.8 Å². The van der Waals surface area contributed by atoms with Gasteiger partial charge in [-0.3, -0.25) is 4.79 Å². The van der Waals surface area contributed by atoms with Crippen molar-refractivity contribution >= 4 is 5.78 Å². The number of carbonyl (C=O) groups excluding carboxylic acids is 1. The van der Waals surface area contributed by atoms with Gasteiger partial charge < -0.3 is 9.84 Å². The molecule has 0 saturated heterocycles. The standard InChI is InChI=1S/C7H14O3/c1-6(9)7(2,3)10-5-4-8/h8H,4-5H2,1-3H3. The lowest BCUT2D eigenvalue weighted by Gasteiger charge is -2.20. The third-order valence-corrected chi connectivity index (χ3v) is 1.40. The summed E-state index contributed by atoms with van der Waals surface area (Å²) in [6.45, 7) is 5.01. The summed E-state index contributed by atoms with van der Waals surface area (Å²) < 4.78 is 5.04. The van der Waals surface area contributed by atoms with Gasteiger partial charge in [0.1, 0.15) is 5.60 Å². The highest BCUT2D eigenvalue weighted by Crippen LogP contribution is 2.08. The van der Waals surface area contributed by atoms with E-state index in [1.54, 1.807) is 13.8 Å². The quantitative estimate of drug-likeness (QED) is 0.623. The summed E-state index contributed by atoms with van der Waals surface area (Å²) in [6.07, 6.45) is 0. The van der Waals surface area contributed by atoms with E-state index in [2.05, 4.69) is 0 Å². The molecule has 0 aliphatic heterocycles. The van der Waals surface area contributed by atoms with Crippen LogP contribution in [0, 0.1) is 0 Å². The molecule has 60 valence electrons. The largest absolute Gasteiger partial charge is 0.394 e. The van der Waals surface area contributed by atoms with Crippen LogP contribution < -0.4 is 0 Å². The summed E-state index contributed by atoms with van der Waals surface area (Å²) in [7, 11) is 0. The molecule has 0 fully saturated rings. The SMILES string of the molecule is CC(=O)C(C)(C)OCCO. The Labute approximate surface area is 61.0 Å². The Bertz CT molecular complexity index is 118. The maximum Gasteiger partial charge on any atom is 0.160 e. The van der Waals surface area contributed by atoms with Crippen LogP contribution in [-0.2, 0) is 9.53 Å². The monoisotopic (exact) mass is 146 g/mol. The van der Waals surface area contributed by atoms with Gasteiger partial charge in [0.15, 0.2) is 5.78 Å². The van der Waals surface area contributed by atoms with E-state index in [1.165, 1.54) is 6.92 Å². The first kappa shape index (κ1) is 9.59. The molecule has 10 heavy (non-hydrogen) atoms. The summed E-state index contributed by atoms with van der Waals surface area (Å²) in [5, 5.41) is 8.38. The van der Waals surface area contributed by atoms with Crippen LogP contribution in [-0.4, -0.2) is 29.7 Å². The van der Waals surface area contributed by atoms with Crippen molar-refractivity contribution in [2.75, 3.05) is 13.2 Å². The fourth-order valence-corrected chi connectivity index (χ4v) is 0.402. The van der Waals surface area contributed by atoms with Crippen molar-refractivity contribution in [3.05, 3.63) is 0 Å². The molecular weight excluding hydrogens is 132 g/mol. The third kappa shape index (κ3) is 2.94. The summed E-state index contributed by atoms with van der Waals surface area (Å²) in [5.41, 5.74) is -0.747. The molecule has 0 spiro atoms. The normalized spacial score (nSPS) is 11.6. The maximum atomic E-state index is 10.8. The van der Waals surface area contributed by atoms with Crippen LogP contribution in [0.2, 0.25) is 0 Å². The predicted molar refractivity (Wildman–Crippen MR) is 37.8 cm³/mol. The summed E-state index contributed by atoms with van der Waals surface area (Å²) >= 11 is 0. The first-order chi connectivity index (χ1) is 4.50. The number of rotatable bonds is 4. The number of carbonyl (C=O) groups is 1. The van der Waals surface area contributed by atoms with Gasteiger partial charge in [-0.15, -0.1) is 0 Å². The summed E-state index contributed by atoms with van der Waals surface area (Å²) in [4.78, 5) is 10.8. The molecule has 3 nitrogen and oxygen atoms in total. The predicted octanol–water partition coefficient (Wildman–Crippen LogP) is 0.363. The lowest BCUT2D eigenvalue weighted by atomic mass is 10.1. The van der Waals surface area contributed by atoms with Crippen molar-refractivity contribution in [2.24, 2.45) is 0 Å². The average Bonchev–Trinajstić information content (AvgIpc) is 1.84. The molecule has 0 aliphatic carbocycles. The van der Waals surface area contributed by atoms with Gasteiger partial charge in [0.25, 0.3) is 0 Å². The molecule has 0 aliphatic rings. The number of aliphatic hydroxyl groups is 1. The van der Waals surface area contributed by atoms with Gasteiger partial charge in [-0.2, -0.15) is 0 Å². The molecule has 0 aromatic heterocycles. The van der Waals surface area contributed by atoms with Crippen LogP contribution in [0.15, 0.2) is 0 Å². The minimum atomic E-state index is -0.747. The second-order valence-electron chi connectivity index (χ2n) is 2.64. The average molecular weight is 146 g/mol. The van der Waals surface area contributed by atoms with Gasteiger partial charge in [0, 0.05) is 0 Å². The zero-order valence-electron chi connectivity index (χ0n) is 6.68. The Morgan fingerprint density at radius 1 is 1.60 bits per heavy atom. The van der Waals surface area contributed by atoms with E-state index in [4.69, 9.17) is 9.84 Å². The van der Waals surface area contributed by atoms with E-state index in [9.17, 15) is 4.79 Å². The second kappa shape index (κ2) is 3.68. The Balaban J connectivity index is 3.75. The molecule has 1 N–H and O–H groups in total. The topological polar surface area (TPSA) is 46.5 Å². The highest BCUT2D eigenvalue weighted by molar-refractivity contribution is 5.83. The fraction of sp³-hybridized carbons (Fsp3) is 0.857. The molecule has 3 heteroatoms. The molecule has 0 heterocycles. The number of ether oxygens (including phenoxy) is 1. The number of aliphatic hydroxyl groups excluding tert-OH is 1. The van der Waals surface area contributed by atoms with Crippen molar-refractivity contribution < 1.29 is 14.6 Å². The molecule has 0 amide bonds. The number of ketones is 1. The van der Waals surface area contributed by atoms with Gasteiger partial charge in [0.05, 0.1) is 13.2 Å². The van der Waals surface area contributed by atoms with Crippen molar-refractivity contribution in [3.8, 4) is 0 Å². The van der Waals surface area contributed by atoms with E-state index >= 15 is 0 Å². The van der Waals surface area contributed by atoms with E-state index in [-0.39, 0.29) is 19.0 Å². The summed E-state index contributed by atoms with van der Waals surface area (Å²) in [6, 6.07) is 0. The van der Waals surface area contributed by atoms with Crippen LogP contribution in [0.5, 0.6) is 0 Å². The van der Waals surface area contributed by atoms with E-state index in [0.29, 0.717) is 0 Å². The van der Waals surface area contributed by atoms with Crippen molar-refractivity contribution in [3.63, 3.8) is 0 Å². The second-order valence-corrected chi connectivity index (χ2v) is 2.64. The molecule has 0 bridgehead atoms. The maximum absolute atomic E-state index is 10.8. The minimum absolute atomic E-state index is 0.0269. The van der Waals surface area contributed by atoms with Crippen LogP contribution in [0.3, 0.4) is 0 Å². The Morgan fingerprint density at radius 2 is 2.10 bits per heavy atom. The van der Waals surface area contributed by atoms with E-state index in [1.807, 2.05) is 0 Å². The highest BCUT2D eigenvalue weighted by Gasteiger charge is 2.23. The smallest absolute Gasteiger partial charge is 0.160 e. The van der Waals surface area contributed by atoms with Gasteiger partial charge in [-0.1, -0.05) is 0 Å². The third-order valence-electron chi connectivity index (χ3n) is 1.40. The zero-order valence-corrected chi connectivity index (χ0v) is 6.68. The molecule has 0 unspecified atom stereocenters. The zero-order chi connectivity index (χ0) is 8.20. The molecule has 0 aromatic carbocycles. The van der Waals surface area contributed by atoms with E-state index in [0.717, 1.165) is 0 Å². The van der Waals surface area contributed by atoms with Gasteiger partial charge in [-0.25, -0.2) is 0 Å². The molecule has 0 radical (unpaired) electrons. The molecule has 0 atom stereocenters. The van der Waals surface area contributed by atoms with Crippen LogP contribution in [0.4, 0.5) is 0 Å². The Hall–Kier alpha value is -0.410. The lowest BCUT2D eigenvalue weighted by molar-refractivity contribution is -0.139. The lowest BCUT2D eigenvalue weighted by Crippen LogP contribution is -2.33. The first-order valence-electron chi connectivity index (χ1n) is 3.26. The minimum Gasteiger partial charge on any atom is -0.394 e. The molecule has 0 aromatic rings.